The zero-order valence-corrected chi connectivity index (χ0v) is 13.7. The van der Waals surface area contributed by atoms with Crippen molar-refractivity contribution in [3.05, 3.63) is 17.7 Å². The summed E-state index contributed by atoms with van der Waals surface area (Å²) in [5.41, 5.74) is -0.613. The number of nitrogens with one attached hydrogen (secondary N) is 1. The van der Waals surface area contributed by atoms with E-state index in [2.05, 4.69) is 5.32 Å². The van der Waals surface area contributed by atoms with E-state index in [4.69, 9.17) is 18.9 Å². The maximum absolute atomic E-state index is 12.4. The lowest BCUT2D eigenvalue weighted by molar-refractivity contribution is -0.0605. The first-order chi connectivity index (χ1) is 11.0. The van der Waals surface area contributed by atoms with Crippen LogP contribution in [-0.2, 0) is 4.74 Å². The first kappa shape index (κ1) is 17.4. The van der Waals surface area contributed by atoms with Crippen LogP contribution in [0, 0.1) is 0 Å². The number of methoxy groups -OCH3 is 3. The number of aliphatic hydroxyl groups is 1. The van der Waals surface area contributed by atoms with Crippen LogP contribution in [0.1, 0.15) is 23.2 Å². The minimum Gasteiger partial charge on any atom is -0.493 e. The number of carbonyl (C=O) groups excluding carboxylic acids is 1. The van der Waals surface area contributed by atoms with Crippen molar-refractivity contribution in [2.24, 2.45) is 0 Å². The van der Waals surface area contributed by atoms with Gasteiger partial charge in [-0.1, -0.05) is 0 Å². The van der Waals surface area contributed by atoms with Crippen molar-refractivity contribution in [1.29, 1.82) is 0 Å². The molecule has 1 aliphatic heterocycles. The van der Waals surface area contributed by atoms with E-state index in [-0.39, 0.29) is 12.5 Å². The molecule has 1 aliphatic rings. The van der Waals surface area contributed by atoms with Gasteiger partial charge in [0.05, 0.1) is 32.5 Å². The predicted molar refractivity (Wildman–Crippen MR) is 83.4 cm³/mol. The summed E-state index contributed by atoms with van der Waals surface area (Å²) in [5.74, 6) is 0.780. The molecule has 128 valence electrons. The Morgan fingerprint density at radius 2 is 1.83 bits per heavy atom. The van der Waals surface area contributed by atoms with Crippen molar-refractivity contribution >= 4 is 5.91 Å². The fourth-order valence-corrected chi connectivity index (χ4v) is 2.55. The molecule has 1 fully saturated rings. The fourth-order valence-electron chi connectivity index (χ4n) is 2.55. The highest BCUT2D eigenvalue weighted by molar-refractivity contribution is 5.98. The van der Waals surface area contributed by atoms with Crippen LogP contribution in [0.2, 0.25) is 0 Å². The summed E-state index contributed by atoms with van der Waals surface area (Å²) < 4.78 is 21.0. The van der Waals surface area contributed by atoms with E-state index in [0.717, 1.165) is 0 Å². The molecule has 1 saturated heterocycles. The molecular formula is C16H23NO6. The van der Waals surface area contributed by atoms with Gasteiger partial charge in [-0.05, 0) is 12.1 Å². The molecule has 1 aromatic carbocycles. The second kappa shape index (κ2) is 7.52. The largest absolute Gasteiger partial charge is 0.493 e. The van der Waals surface area contributed by atoms with Gasteiger partial charge in [0, 0.05) is 32.6 Å². The third-order valence-electron chi connectivity index (χ3n) is 3.95. The van der Waals surface area contributed by atoms with Gasteiger partial charge >= 0.3 is 0 Å². The SMILES string of the molecule is COc1ccc(C(=O)NCC2(O)CCOCC2)c(OC)c1OC. The number of rotatable bonds is 6. The van der Waals surface area contributed by atoms with Gasteiger partial charge < -0.3 is 29.4 Å². The normalized spacial score (nSPS) is 16.5. The Morgan fingerprint density at radius 3 is 2.39 bits per heavy atom. The summed E-state index contributed by atoms with van der Waals surface area (Å²) in [6.07, 6.45) is 0.993. The molecule has 1 aromatic rings. The Balaban J connectivity index is 2.15. The van der Waals surface area contributed by atoms with E-state index in [0.29, 0.717) is 48.9 Å². The first-order valence-corrected chi connectivity index (χ1v) is 7.42. The van der Waals surface area contributed by atoms with Gasteiger partial charge in [0.2, 0.25) is 5.75 Å². The van der Waals surface area contributed by atoms with Crippen LogP contribution in [-0.4, -0.2) is 57.7 Å². The van der Waals surface area contributed by atoms with E-state index < -0.39 is 5.60 Å². The van der Waals surface area contributed by atoms with Gasteiger partial charge in [0.25, 0.3) is 5.91 Å². The Hall–Kier alpha value is -1.99. The van der Waals surface area contributed by atoms with Crippen LogP contribution >= 0.6 is 0 Å². The Kier molecular flexibility index (Phi) is 5.68. The molecule has 2 rings (SSSR count). The van der Waals surface area contributed by atoms with Crippen molar-refractivity contribution in [3.63, 3.8) is 0 Å². The third kappa shape index (κ3) is 3.86. The van der Waals surface area contributed by atoms with Gasteiger partial charge in [0.1, 0.15) is 0 Å². The minimum absolute atomic E-state index is 0.159. The molecule has 0 radical (unpaired) electrons. The van der Waals surface area contributed by atoms with Gasteiger partial charge in [-0.25, -0.2) is 0 Å². The Labute approximate surface area is 135 Å². The highest BCUT2D eigenvalue weighted by Gasteiger charge is 2.31. The molecule has 0 saturated carbocycles. The fraction of sp³-hybridized carbons (Fsp3) is 0.562. The highest BCUT2D eigenvalue weighted by Crippen LogP contribution is 2.39. The second-order valence-electron chi connectivity index (χ2n) is 5.40. The van der Waals surface area contributed by atoms with Gasteiger partial charge in [-0.2, -0.15) is 0 Å². The van der Waals surface area contributed by atoms with Gasteiger partial charge in [-0.15, -0.1) is 0 Å². The van der Waals surface area contributed by atoms with Crippen LogP contribution in [0.5, 0.6) is 17.2 Å². The number of amides is 1. The lowest BCUT2D eigenvalue weighted by Gasteiger charge is -2.32. The molecular weight excluding hydrogens is 302 g/mol. The molecule has 0 atom stereocenters. The van der Waals surface area contributed by atoms with Crippen molar-refractivity contribution in [2.75, 3.05) is 41.1 Å². The molecule has 1 heterocycles. The van der Waals surface area contributed by atoms with Crippen molar-refractivity contribution in [1.82, 2.24) is 5.32 Å². The molecule has 23 heavy (non-hydrogen) atoms. The average Bonchev–Trinajstić information content (AvgIpc) is 2.58. The lowest BCUT2D eigenvalue weighted by atomic mass is 9.94. The maximum atomic E-state index is 12.4. The number of ether oxygens (including phenoxy) is 4. The summed E-state index contributed by atoms with van der Waals surface area (Å²) in [6.45, 7) is 1.14. The quantitative estimate of drug-likeness (QED) is 0.811. The van der Waals surface area contributed by atoms with Crippen LogP contribution in [0.3, 0.4) is 0 Å². The van der Waals surface area contributed by atoms with E-state index in [1.807, 2.05) is 0 Å². The monoisotopic (exact) mass is 325 g/mol. The van der Waals surface area contributed by atoms with Gasteiger partial charge in [0.15, 0.2) is 11.5 Å². The Morgan fingerprint density at radius 1 is 1.17 bits per heavy atom. The second-order valence-corrected chi connectivity index (χ2v) is 5.40. The first-order valence-electron chi connectivity index (χ1n) is 7.42. The highest BCUT2D eigenvalue weighted by atomic mass is 16.5. The number of carbonyl (C=O) groups is 1. The predicted octanol–water partition coefficient (Wildman–Crippen LogP) is 0.984. The summed E-state index contributed by atoms with van der Waals surface area (Å²) in [7, 11) is 4.45. The average molecular weight is 325 g/mol. The van der Waals surface area contributed by atoms with Crippen molar-refractivity contribution in [3.8, 4) is 17.2 Å². The topological polar surface area (TPSA) is 86.3 Å². The lowest BCUT2D eigenvalue weighted by Crippen LogP contribution is -2.46. The van der Waals surface area contributed by atoms with E-state index >= 15 is 0 Å². The molecule has 2 N–H and O–H groups in total. The number of hydrogen-bond acceptors (Lipinski definition) is 6. The van der Waals surface area contributed by atoms with E-state index in [9.17, 15) is 9.90 Å². The minimum atomic E-state index is -0.933. The van der Waals surface area contributed by atoms with Crippen LogP contribution in [0.4, 0.5) is 0 Å². The molecule has 1 amide bonds. The third-order valence-corrected chi connectivity index (χ3v) is 3.95. The van der Waals surface area contributed by atoms with E-state index in [1.165, 1.54) is 21.3 Å². The molecule has 7 nitrogen and oxygen atoms in total. The zero-order chi connectivity index (χ0) is 16.9. The Bertz CT molecular complexity index is 554. The van der Waals surface area contributed by atoms with Crippen LogP contribution in [0.25, 0.3) is 0 Å². The van der Waals surface area contributed by atoms with Crippen LogP contribution in [0.15, 0.2) is 12.1 Å². The zero-order valence-electron chi connectivity index (χ0n) is 13.7. The maximum Gasteiger partial charge on any atom is 0.255 e. The van der Waals surface area contributed by atoms with E-state index in [1.54, 1.807) is 12.1 Å². The number of benzene rings is 1. The molecule has 0 aliphatic carbocycles. The molecule has 0 bridgehead atoms. The molecule has 7 heteroatoms. The van der Waals surface area contributed by atoms with Crippen molar-refractivity contribution < 1.29 is 28.8 Å². The summed E-state index contributed by atoms with van der Waals surface area (Å²) in [6, 6.07) is 3.24. The van der Waals surface area contributed by atoms with Crippen LogP contribution < -0.4 is 19.5 Å². The summed E-state index contributed by atoms with van der Waals surface area (Å²) in [5, 5.41) is 13.2. The standard InChI is InChI=1S/C16H23NO6/c1-20-12-5-4-11(13(21-2)14(12)22-3)15(18)17-10-16(19)6-8-23-9-7-16/h4-5,19H,6-10H2,1-3H3,(H,17,18). The molecule has 0 aromatic heterocycles. The van der Waals surface area contributed by atoms with Crippen molar-refractivity contribution in [2.45, 2.75) is 18.4 Å². The molecule has 0 spiro atoms. The number of hydrogen-bond donors (Lipinski definition) is 2. The molecule has 0 unspecified atom stereocenters. The van der Waals surface area contributed by atoms with Gasteiger partial charge in [-0.3, -0.25) is 4.79 Å². The summed E-state index contributed by atoms with van der Waals surface area (Å²) >= 11 is 0. The summed E-state index contributed by atoms with van der Waals surface area (Å²) in [4.78, 5) is 12.4. The smallest absolute Gasteiger partial charge is 0.255 e.